The van der Waals surface area contributed by atoms with Crippen LogP contribution in [0.2, 0.25) is 0 Å². The number of hydrogen-bond acceptors (Lipinski definition) is 4. The fraction of sp³-hybridized carbons (Fsp3) is 0.474. The van der Waals surface area contributed by atoms with Gasteiger partial charge in [-0.2, -0.15) is 5.10 Å². The van der Waals surface area contributed by atoms with Crippen LogP contribution >= 0.6 is 0 Å². The summed E-state index contributed by atoms with van der Waals surface area (Å²) in [6.45, 7) is 7.11. The Morgan fingerprint density at radius 2 is 2.08 bits per heavy atom. The van der Waals surface area contributed by atoms with Crippen LogP contribution in [0.5, 0.6) is 5.75 Å². The minimum Gasteiger partial charge on any atom is -0.495 e. The van der Waals surface area contributed by atoms with Crippen molar-refractivity contribution in [3.05, 3.63) is 42.2 Å². The van der Waals surface area contributed by atoms with Gasteiger partial charge in [-0.3, -0.25) is 9.48 Å². The van der Waals surface area contributed by atoms with Crippen molar-refractivity contribution < 1.29 is 9.53 Å². The molecule has 0 unspecified atom stereocenters. The maximum atomic E-state index is 12.6. The third-order valence-electron chi connectivity index (χ3n) is 4.84. The lowest BCUT2D eigenvalue weighted by Crippen LogP contribution is -2.54. The van der Waals surface area contributed by atoms with Crippen molar-refractivity contribution >= 4 is 11.6 Å². The summed E-state index contributed by atoms with van der Waals surface area (Å²) in [7, 11) is 1.69. The third-order valence-corrected chi connectivity index (χ3v) is 4.84. The number of nitrogens with zero attached hydrogens (tertiary/aromatic N) is 4. The quantitative estimate of drug-likeness (QED) is 0.837. The molecule has 2 aromatic rings. The normalized spacial score (nSPS) is 17.6. The molecule has 6 heteroatoms. The second-order valence-electron chi connectivity index (χ2n) is 6.50. The number of carbonyl (C=O) groups excluding carboxylic acids is 1. The Hall–Kier alpha value is -2.50. The lowest BCUT2D eigenvalue weighted by molar-refractivity contribution is -0.133. The number of amides is 1. The first-order valence-electron chi connectivity index (χ1n) is 8.76. The second-order valence-corrected chi connectivity index (χ2v) is 6.50. The monoisotopic (exact) mass is 342 g/mol. The number of hydrogen-bond donors (Lipinski definition) is 0. The number of benzene rings is 1. The molecule has 134 valence electrons. The Morgan fingerprint density at radius 1 is 1.28 bits per heavy atom. The van der Waals surface area contributed by atoms with E-state index in [-0.39, 0.29) is 11.9 Å². The van der Waals surface area contributed by atoms with E-state index in [1.54, 1.807) is 13.3 Å². The summed E-state index contributed by atoms with van der Waals surface area (Å²) in [5, 5.41) is 4.25. The summed E-state index contributed by atoms with van der Waals surface area (Å²) < 4.78 is 7.35. The minimum atomic E-state index is 0.171. The van der Waals surface area contributed by atoms with E-state index < -0.39 is 0 Å². The van der Waals surface area contributed by atoms with Crippen molar-refractivity contribution in [2.45, 2.75) is 32.9 Å². The number of aryl methyl sites for hydroxylation is 2. The van der Waals surface area contributed by atoms with Gasteiger partial charge in [-0.25, -0.2) is 0 Å². The zero-order chi connectivity index (χ0) is 17.8. The van der Waals surface area contributed by atoms with Crippen molar-refractivity contribution in [1.29, 1.82) is 0 Å². The maximum Gasteiger partial charge on any atom is 0.224 e. The van der Waals surface area contributed by atoms with Gasteiger partial charge in [0.05, 0.1) is 12.8 Å². The molecule has 1 aromatic carbocycles. The highest BCUT2D eigenvalue weighted by atomic mass is 16.5. The average molecular weight is 342 g/mol. The number of piperazine rings is 1. The molecule has 0 radical (unpaired) electrons. The molecule has 0 saturated carbocycles. The van der Waals surface area contributed by atoms with Crippen LogP contribution in [-0.4, -0.2) is 53.4 Å². The van der Waals surface area contributed by atoms with Crippen molar-refractivity contribution in [3.8, 4) is 5.75 Å². The molecular weight excluding hydrogens is 316 g/mol. The molecule has 1 aliphatic heterocycles. The van der Waals surface area contributed by atoms with E-state index in [1.165, 1.54) is 0 Å². The summed E-state index contributed by atoms with van der Waals surface area (Å²) in [5.41, 5.74) is 2.18. The molecule has 1 atom stereocenters. The van der Waals surface area contributed by atoms with E-state index in [0.29, 0.717) is 13.0 Å². The molecule has 1 aromatic heterocycles. The van der Waals surface area contributed by atoms with Crippen LogP contribution in [0.25, 0.3) is 0 Å². The largest absolute Gasteiger partial charge is 0.495 e. The highest BCUT2D eigenvalue weighted by molar-refractivity contribution is 5.77. The molecule has 1 fully saturated rings. The first kappa shape index (κ1) is 17.3. The molecule has 1 aliphatic rings. The molecular formula is C19H26N4O2. The van der Waals surface area contributed by atoms with Gasteiger partial charge in [-0.05, 0) is 32.0 Å². The molecule has 0 bridgehead atoms. The van der Waals surface area contributed by atoms with Crippen molar-refractivity contribution in [2.24, 2.45) is 0 Å². The Bertz CT molecular complexity index is 728. The maximum absolute atomic E-state index is 12.6. The summed E-state index contributed by atoms with van der Waals surface area (Å²) in [6.07, 6.45) is 2.26. The standard InChI is InChI=1S/C19H26N4O2/c1-15-8-10-20-23(15)11-9-19(24)22-13-12-21(14-16(22)2)17-6-4-5-7-18(17)25-3/h4-8,10,16H,9,11-14H2,1-3H3/t16-/m1/s1. The summed E-state index contributed by atoms with van der Waals surface area (Å²) in [6, 6.07) is 10.2. The molecule has 3 rings (SSSR count). The molecule has 1 saturated heterocycles. The molecule has 0 aliphatic carbocycles. The third kappa shape index (κ3) is 3.78. The lowest BCUT2D eigenvalue weighted by atomic mass is 10.1. The summed E-state index contributed by atoms with van der Waals surface area (Å²) >= 11 is 0. The van der Waals surface area contributed by atoms with Crippen molar-refractivity contribution in [1.82, 2.24) is 14.7 Å². The average Bonchev–Trinajstić information content (AvgIpc) is 3.04. The van der Waals surface area contributed by atoms with Gasteiger partial charge in [-0.15, -0.1) is 0 Å². The second kappa shape index (κ2) is 7.59. The van der Waals surface area contributed by atoms with E-state index in [0.717, 1.165) is 36.8 Å². The fourth-order valence-corrected chi connectivity index (χ4v) is 3.42. The van der Waals surface area contributed by atoms with Gasteiger partial charge >= 0.3 is 0 Å². The number of anilines is 1. The number of ether oxygens (including phenoxy) is 1. The number of methoxy groups -OCH3 is 1. The first-order valence-corrected chi connectivity index (χ1v) is 8.76. The Balaban J connectivity index is 1.59. The van der Waals surface area contributed by atoms with Gasteiger partial charge in [0.25, 0.3) is 0 Å². The van der Waals surface area contributed by atoms with Crippen molar-refractivity contribution in [2.75, 3.05) is 31.6 Å². The van der Waals surface area contributed by atoms with Crippen LogP contribution in [0.4, 0.5) is 5.69 Å². The highest BCUT2D eigenvalue weighted by Gasteiger charge is 2.28. The van der Waals surface area contributed by atoms with Gasteiger partial charge < -0.3 is 14.5 Å². The number of aromatic nitrogens is 2. The SMILES string of the molecule is COc1ccccc1N1CCN(C(=O)CCn2nccc2C)[C@H](C)C1. The topological polar surface area (TPSA) is 50.6 Å². The molecule has 0 N–H and O–H groups in total. The Morgan fingerprint density at radius 3 is 2.76 bits per heavy atom. The number of para-hydroxylation sites is 2. The Labute approximate surface area is 149 Å². The van der Waals surface area contributed by atoms with Crippen molar-refractivity contribution in [3.63, 3.8) is 0 Å². The zero-order valence-corrected chi connectivity index (χ0v) is 15.2. The Kier molecular flexibility index (Phi) is 5.26. The van der Waals surface area contributed by atoms with E-state index >= 15 is 0 Å². The van der Waals surface area contributed by atoms with Crippen LogP contribution < -0.4 is 9.64 Å². The van der Waals surface area contributed by atoms with Gasteiger partial charge in [0.15, 0.2) is 0 Å². The molecule has 25 heavy (non-hydrogen) atoms. The summed E-state index contributed by atoms with van der Waals surface area (Å²) in [5.74, 6) is 1.07. The van der Waals surface area contributed by atoms with E-state index in [1.807, 2.05) is 40.8 Å². The molecule has 0 spiro atoms. The zero-order valence-electron chi connectivity index (χ0n) is 15.2. The van der Waals surface area contributed by atoms with Crippen LogP contribution in [-0.2, 0) is 11.3 Å². The van der Waals surface area contributed by atoms with Gasteiger partial charge in [-0.1, -0.05) is 12.1 Å². The summed E-state index contributed by atoms with van der Waals surface area (Å²) in [4.78, 5) is 16.9. The first-order chi connectivity index (χ1) is 12.1. The van der Waals surface area contributed by atoms with Crippen LogP contribution in [0.15, 0.2) is 36.5 Å². The predicted octanol–water partition coefficient (Wildman–Crippen LogP) is 2.33. The minimum absolute atomic E-state index is 0.171. The van der Waals surface area contributed by atoms with Gasteiger partial charge in [0.2, 0.25) is 5.91 Å². The molecule has 1 amide bonds. The molecule has 2 heterocycles. The van der Waals surface area contributed by atoms with E-state index in [9.17, 15) is 4.79 Å². The highest BCUT2D eigenvalue weighted by Crippen LogP contribution is 2.29. The van der Waals surface area contributed by atoms with Gasteiger partial charge in [0.1, 0.15) is 5.75 Å². The predicted molar refractivity (Wildman–Crippen MR) is 98.0 cm³/mol. The molecule has 6 nitrogen and oxygen atoms in total. The van der Waals surface area contributed by atoms with E-state index in [4.69, 9.17) is 4.74 Å². The van der Waals surface area contributed by atoms with Gasteiger partial charge in [0, 0.05) is 50.5 Å². The fourth-order valence-electron chi connectivity index (χ4n) is 3.42. The number of carbonyl (C=O) groups is 1. The van der Waals surface area contributed by atoms with Crippen LogP contribution in [0.1, 0.15) is 19.0 Å². The smallest absolute Gasteiger partial charge is 0.224 e. The van der Waals surface area contributed by atoms with E-state index in [2.05, 4.69) is 23.0 Å². The number of rotatable bonds is 5. The van der Waals surface area contributed by atoms with Crippen LogP contribution in [0.3, 0.4) is 0 Å². The van der Waals surface area contributed by atoms with Crippen LogP contribution in [0, 0.1) is 6.92 Å². The lowest BCUT2D eigenvalue weighted by Gasteiger charge is -2.41.